The number of aliphatic hydroxyl groups excluding tert-OH is 1. The second-order valence-electron chi connectivity index (χ2n) is 4.57. The highest BCUT2D eigenvalue weighted by atomic mass is 35.5. The Kier molecular flexibility index (Phi) is 4.46. The van der Waals surface area contributed by atoms with Crippen molar-refractivity contribution in [2.75, 3.05) is 7.11 Å². The van der Waals surface area contributed by atoms with Crippen LogP contribution in [-0.4, -0.2) is 12.2 Å². The SMILES string of the molecule is COc1ccc(C(O)Cc2cccc(Cl)c2)c(C)c1. The summed E-state index contributed by atoms with van der Waals surface area (Å²) >= 11 is 5.95. The number of methoxy groups -OCH3 is 1. The average Bonchev–Trinajstić information content (AvgIpc) is 2.38. The molecule has 2 rings (SSSR count). The molecule has 1 atom stereocenters. The first-order chi connectivity index (χ1) is 9.10. The Morgan fingerprint density at radius 1 is 1.21 bits per heavy atom. The van der Waals surface area contributed by atoms with Gasteiger partial charge < -0.3 is 9.84 Å². The summed E-state index contributed by atoms with van der Waals surface area (Å²) in [5.74, 6) is 0.802. The monoisotopic (exact) mass is 276 g/mol. The van der Waals surface area contributed by atoms with Gasteiger partial charge in [0.05, 0.1) is 13.2 Å². The topological polar surface area (TPSA) is 29.5 Å². The van der Waals surface area contributed by atoms with Crippen LogP contribution in [0.5, 0.6) is 5.75 Å². The number of ether oxygens (including phenoxy) is 1. The molecule has 0 heterocycles. The molecule has 0 aromatic heterocycles. The number of hydrogen-bond acceptors (Lipinski definition) is 2. The molecule has 0 aliphatic heterocycles. The summed E-state index contributed by atoms with van der Waals surface area (Å²) in [6, 6.07) is 13.3. The molecule has 19 heavy (non-hydrogen) atoms. The smallest absolute Gasteiger partial charge is 0.119 e. The maximum absolute atomic E-state index is 10.3. The molecule has 0 aliphatic carbocycles. The molecular formula is C16H17ClO2. The van der Waals surface area contributed by atoms with Crippen LogP contribution < -0.4 is 4.74 Å². The minimum Gasteiger partial charge on any atom is -0.497 e. The van der Waals surface area contributed by atoms with Crippen molar-refractivity contribution in [2.24, 2.45) is 0 Å². The van der Waals surface area contributed by atoms with E-state index in [0.717, 1.165) is 22.4 Å². The van der Waals surface area contributed by atoms with Crippen LogP contribution in [0.2, 0.25) is 5.02 Å². The summed E-state index contributed by atoms with van der Waals surface area (Å²) < 4.78 is 5.16. The van der Waals surface area contributed by atoms with E-state index in [4.69, 9.17) is 16.3 Å². The largest absolute Gasteiger partial charge is 0.497 e. The van der Waals surface area contributed by atoms with Crippen molar-refractivity contribution in [3.8, 4) is 5.75 Å². The van der Waals surface area contributed by atoms with Gasteiger partial charge in [-0.05, 0) is 47.9 Å². The van der Waals surface area contributed by atoms with Gasteiger partial charge in [-0.3, -0.25) is 0 Å². The van der Waals surface area contributed by atoms with Gasteiger partial charge in [0.15, 0.2) is 0 Å². The lowest BCUT2D eigenvalue weighted by Crippen LogP contribution is -2.04. The third-order valence-electron chi connectivity index (χ3n) is 3.15. The van der Waals surface area contributed by atoms with Crippen LogP contribution in [0.25, 0.3) is 0 Å². The zero-order valence-electron chi connectivity index (χ0n) is 11.1. The average molecular weight is 277 g/mol. The fourth-order valence-electron chi connectivity index (χ4n) is 2.15. The zero-order valence-corrected chi connectivity index (χ0v) is 11.8. The van der Waals surface area contributed by atoms with Crippen molar-refractivity contribution in [1.82, 2.24) is 0 Å². The summed E-state index contributed by atoms with van der Waals surface area (Å²) in [4.78, 5) is 0. The van der Waals surface area contributed by atoms with Gasteiger partial charge in [-0.2, -0.15) is 0 Å². The van der Waals surface area contributed by atoms with E-state index < -0.39 is 6.10 Å². The highest BCUT2D eigenvalue weighted by Gasteiger charge is 2.12. The summed E-state index contributed by atoms with van der Waals surface area (Å²) in [6.07, 6.45) is 0.0117. The number of aliphatic hydroxyl groups is 1. The first kappa shape index (κ1) is 13.9. The predicted octanol–water partition coefficient (Wildman–Crippen LogP) is 3.93. The van der Waals surface area contributed by atoms with Crippen LogP contribution in [-0.2, 0) is 6.42 Å². The molecular weight excluding hydrogens is 260 g/mol. The zero-order chi connectivity index (χ0) is 13.8. The lowest BCUT2D eigenvalue weighted by atomic mass is 9.97. The van der Waals surface area contributed by atoms with Crippen molar-refractivity contribution in [3.05, 3.63) is 64.2 Å². The van der Waals surface area contributed by atoms with Gasteiger partial charge in [0, 0.05) is 11.4 Å². The van der Waals surface area contributed by atoms with Crippen molar-refractivity contribution >= 4 is 11.6 Å². The first-order valence-corrected chi connectivity index (χ1v) is 6.55. The van der Waals surface area contributed by atoms with Gasteiger partial charge >= 0.3 is 0 Å². The second-order valence-corrected chi connectivity index (χ2v) is 5.01. The Morgan fingerprint density at radius 3 is 2.63 bits per heavy atom. The number of benzene rings is 2. The van der Waals surface area contributed by atoms with Crippen LogP contribution in [0.3, 0.4) is 0 Å². The summed E-state index contributed by atoms with van der Waals surface area (Å²) in [5.41, 5.74) is 2.96. The third-order valence-corrected chi connectivity index (χ3v) is 3.39. The molecule has 0 radical (unpaired) electrons. The van der Waals surface area contributed by atoms with Crippen LogP contribution in [0.4, 0.5) is 0 Å². The molecule has 0 amide bonds. The first-order valence-electron chi connectivity index (χ1n) is 6.17. The van der Waals surface area contributed by atoms with Crippen molar-refractivity contribution in [2.45, 2.75) is 19.4 Å². The minimum absolute atomic E-state index is 0.538. The highest BCUT2D eigenvalue weighted by Crippen LogP contribution is 2.25. The van der Waals surface area contributed by atoms with E-state index >= 15 is 0 Å². The normalized spacial score (nSPS) is 12.2. The molecule has 0 saturated heterocycles. The molecule has 2 nitrogen and oxygen atoms in total. The van der Waals surface area contributed by atoms with E-state index in [0.29, 0.717) is 11.4 Å². The van der Waals surface area contributed by atoms with Gasteiger partial charge in [-0.25, -0.2) is 0 Å². The molecule has 0 saturated carbocycles. The van der Waals surface area contributed by atoms with Gasteiger partial charge in [0.2, 0.25) is 0 Å². The maximum atomic E-state index is 10.3. The van der Waals surface area contributed by atoms with E-state index in [1.165, 1.54) is 0 Å². The Bertz CT molecular complexity index is 566. The number of aryl methyl sites for hydroxylation is 1. The van der Waals surface area contributed by atoms with Gasteiger partial charge in [0.1, 0.15) is 5.75 Å². The maximum Gasteiger partial charge on any atom is 0.119 e. The second kappa shape index (κ2) is 6.09. The Morgan fingerprint density at radius 2 is 2.00 bits per heavy atom. The summed E-state index contributed by atoms with van der Waals surface area (Å²) in [7, 11) is 1.64. The molecule has 100 valence electrons. The van der Waals surface area contributed by atoms with Gasteiger partial charge in [-0.15, -0.1) is 0 Å². The van der Waals surface area contributed by atoms with E-state index in [1.807, 2.05) is 49.4 Å². The van der Waals surface area contributed by atoms with Crippen LogP contribution >= 0.6 is 11.6 Å². The highest BCUT2D eigenvalue weighted by molar-refractivity contribution is 6.30. The van der Waals surface area contributed by atoms with Crippen LogP contribution in [0, 0.1) is 6.92 Å². The molecule has 0 fully saturated rings. The molecule has 0 aliphatic rings. The quantitative estimate of drug-likeness (QED) is 0.917. The number of hydrogen-bond donors (Lipinski definition) is 1. The van der Waals surface area contributed by atoms with Crippen LogP contribution in [0.1, 0.15) is 22.8 Å². The predicted molar refractivity (Wildman–Crippen MR) is 77.8 cm³/mol. The standard InChI is InChI=1S/C16H17ClO2/c1-11-8-14(19-2)6-7-15(11)16(18)10-12-4-3-5-13(17)9-12/h3-9,16,18H,10H2,1-2H3. The molecule has 0 bridgehead atoms. The number of halogens is 1. The lowest BCUT2D eigenvalue weighted by molar-refractivity contribution is 0.177. The van der Waals surface area contributed by atoms with Crippen molar-refractivity contribution < 1.29 is 9.84 Å². The van der Waals surface area contributed by atoms with E-state index in [9.17, 15) is 5.11 Å². The number of rotatable bonds is 4. The fourth-order valence-corrected chi connectivity index (χ4v) is 2.36. The van der Waals surface area contributed by atoms with E-state index in [2.05, 4.69) is 0 Å². The van der Waals surface area contributed by atoms with Crippen molar-refractivity contribution in [1.29, 1.82) is 0 Å². The lowest BCUT2D eigenvalue weighted by Gasteiger charge is -2.15. The van der Waals surface area contributed by atoms with E-state index in [1.54, 1.807) is 7.11 Å². The van der Waals surface area contributed by atoms with E-state index in [-0.39, 0.29) is 0 Å². The van der Waals surface area contributed by atoms with Crippen LogP contribution in [0.15, 0.2) is 42.5 Å². The Balaban J connectivity index is 2.18. The molecule has 2 aromatic carbocycles. The van der Waals surface area contributed by atoms with Gasteiger partial charge in [-0.1, -0.05) is 29.8 Å². The third kappa shape index (κ3) is 3.49. The summed E-state index contributed by atoms with van der Waals surface area (Å²) in [6.45, 7) is 1.97. The van der Waals surface area contributed by atoms with Gasteiger partial charge in [0.25, 0.3) is 0 Å². The fraction of sp³-hybridized carbons (Fsp3) is 0.250. The Labute approximate surface area is 118 Å². The molecule has 1 unspecified atom stereocenters. The molecule has 2 aromatic rings. The molecule has 1 N–H and O–H groups in total. The molecule has 3 heteroatoms. The molecule has 0 spiro atoms. The minimum atomic E-state index is -0.538. The Hall–Kier alpha value is -1.51. The summed E-state index contributed by atoms with van der Waals surface area (Å²) in [5, 5.41) is 11.0. The van der Waals surface area contributed by atoms with Crippen molar-refractivity contribution in [3.63, 3.8) is 0 Å².